The van der Waals surface area contributed by atoms with Crippen LogP contribution in [0.5, 0.6) is 11.5 Å². The largest absolute Gasteiger partial charge is 0.508 e. The number of aromatic hydroxyl groups is 1. The maximum absolute atomic E-state index is 12.9. The third-order valence-electron chi connectivity index (χ3n) is 5.56. The van der Waals surface area contributed by atoms with Gasteiger partial charge in [0.1, 0.15) is 11.5 Å². The van der Waals surface area contributed by atoms with Gasteiger partial charge in [-0.1, -0.05) is 36.4 Å². The Hall–Kier alpha value is -3.53. The molecule has 32 heavy (non-hydrogen) atoms. The van der Waals surface area contributed by atoms with Crippen LogP contribution in [-0.2, 0) is 12.8 Å². The third kappa shape index (κ3) is 5.58. The van der Waals surface area contributed by atoms with Gasteiger partial charge in [-0.15, -0.1) is 13.2 Å². The molecule has 1 aliphatic carbocycles. The SMILES string of the molecule is C=CCc1cc(-c2ccc(O)c(CC=C)c2)c(OC(=O)N(C)CC2=CCCC=C2)cc1C. The molecule has 4 nitrogen and oxygen atoms in total. The molecule has 0 radical (unpaired) electrons. The summed E-state index contributed by atoms with van der Waals surface area (Å²) in [5.41, 5.74) is 5.69. The van der Waals surface area contributed by atoms with Gasteiger partial charge in [-0.3, -0.25) is 0 Å². The van der Waals surface area contributed by atoms with Crippen molar-refractivity contribution in [2.75, 3.05) is 13.6 Å². The molecule has 4 heteroatoms. The van der Waals surface area contributed by atoms with Crippen LogP contribution in [0.2, 0.25) is 0 Å². The Morgan fingerprint density at radius 2 is 1.88 bits per heavy atom. The first-order chi connectivity index (χ1) is 15.4. The molecule has 2 aromatic rings. The Morgan fingerprint density at radius 1 is 1.12 bits per heavy atom. The number of benzene rings is 2. The second-order valence-electron chi connectivity index (χ2n) is 8.09. The molecule has 1 N–H and O–H groups in total. The summed E-state index contributed by atoms with van der Waals surface area (Å²) in [6, 6.07) is 9.36. The molecular weight excluding hydrogens is 398 g/mol. The Labute approximate surface area is 190 Å². The minimum atomic E-state index is -0.410. The van der Waals surface area contributed by atoms with E-state index < -0.39 is 6.09 Å². The molecule has 0 atom stereocenters. The number of carbonyl (C=O) groups is 1. The summed E-state index contributed by atoms with van der Waals surface area (Å²) in [6.45, 7) is 10.1. The lowest BCUT2D eigenvalue weighted by molar-refractivity contribution is 0.167. The van der Waals surface area contributed by atoms with E-state index in [0.29, 0.717) is 25.1 Å². The van der Waals surface area contributed by atoms with Gasteiger partial charge in [-0.05, 0) is 84.7 Å². The molecule has 0 aromatic heterocycles. The van der Waals surface area contributed by atoms with E-state index in [1.54, 1.807) is 24.1 Å². The standard InChI is InChI=1S/C28H31NO3/c1-5-10-22-18-25(23-14-15-26(30)24(17-23)11-6-2)27(16-20(22)3)32-28(31)29(4)19-21-12-8-7-9-13-21/h5-6,8,12-18,30H,1-2,7,9-11,19H2,3-4H3. The maximum atomic E-state index is 12.9. The third-order valence-corrected chi connectivity index (χ3v) is 5.56. The summed E-state index contributed by atoms with van der Waals surface area (Å²) in [4.78, 5) is 14.5. The minimum Gasteiger partial charge on any atom is -0.508 e. The molecule has 0 bridgehead atoms. The number of hydrogen-bond acceptors (Lipinski definition) is 3. The predicted molar refractivity (Wildman–Crippen MR) is 131 cm³/mol. The van der Waals surface area contributed by atoms with E-state index in [1.165, 1.54) is 0 Å². The fourth-order valence-electron chi connectivity index (χ4n) is 3.78. The first kappa shape index (κ1) is 23.1. The van der Waals surface area contributed by atoms with Crippen LogP contribution in [0.4, 0.5) is 4.79 Å². The molecular formula is C28H31NO3. The van der Waals surface area contributed by atoms with Crippen LogP contribution in [0, 0.1) is 6.92 Å². The summed E-state index contributed by atoms with van der Waals surface area (Å²) in [5, 5.41) is 10.2. The lowest BCUT2D eigenvalue weighted by Crippen LogP contribution is -2.31. The topological polar surface area (TPSA) is 49.8 Å². The van der Waals surface area contributed by atoms with Gasteiger partial charge < -0.3 is 14.7 Å². The highest BCUT2D eigenvalue weighted by molar-refractivity contribution is 5.79. The van der Waals surface area contributed by atoms with Crippen molar-refractivity contribution >= 4 is 6.09 Å². The number of aryl methyl sites for hydroxylation is 1. The number of carbonyl (C=O) groups excluding carboxylic acids is 1. The summed E-state index contributed by atoms with van der Waals surface area (Å²) >= 11 is 0. The van der Waals surface area contributed by atoms with Crippen LogP contribution in [0.15, 0.2) is 79.4 Å². The number of phenols is 1. The second-order valence-corrected chi connectivity index (χ2v) is 8.09. The number of amides is 1. The summed E-state index contributed by atoms with van der Waals surface area (Å²) in [5.74, 6) is 0.717. The van der Waals surface area contributed by atoms with Gasteiger partial charge in [-0.25, -0.2) is 4.79 Å². The fourth-order valence-corrected chi connectivity index (χ4v) is 3.78. The Kier molecular flexibility index (Phi) is 7.72. The number of ether oxygens (including phenoxy) is 1. The monoisotopic (exact) mass is 429 g/mol. The van der Waals surface area contributed by atoms with Gasteiger partial charge in [0.05, 0.1) is 0 Å². The van der Waals surface area contributed by atoms with Gasteiger partial charge in [0.15, 0.2) is 0 Å². The summed E-state index contributed by atoms with van der Waals surface area (Å²) in [7, 11) is 1.74. The van der Waals surface area contributed by atoms with Crippen LogP contribution in [0.3, 0.4) is 0 Å². The zero-order valence-corrected chi connectivity index (χ0v) is 18.9. The van der Waals surface area contributed by atoms with Crippen molar-refractivity contribution in [1.82, 2.24) is 4.90 Å². The van der Waals surface area contributed by atoms with E-state index in [4.69, 9.17) is 4.74 Å². The van der Waals surface area contributed by atoms with E-state index in [-0.39, 0.29) is 5.75 Å². The lowest BCUT2D eigenvalue weighted by atomic mass is 9.95. The zero-order valence-electron chi connectivity index (χ0n) is 18.9. The van der Waals surface area contributed by atoms with Crippen LogP contribution in [-0.4, -0.2) is 29.7 Å². The number of rotatable bonds is 8. The average molecular weight is 430 g/mol. The molecule has 0 saturated carbocycles. The average Bonchev–Trinajstić information content (AvgIpc) is 2.78. The van der Waals surface area contributed by atoms with E-state index >= 15 is 0 Å². The van der Waals surface area contributed by atoms with Crippen LogP contribution >= 0.6 is 0 Å². The number of phenolic OH excluding ortho intramolecular Hbond substituents is 1. The van der Waals surface area contributed by atoms with Crippen molar-refractivity contribution < 1.29 is 14.6 Å². The smallest absolute Gasteiger partial charge is 0.415 e. The zero-order chi connectivity index (χ0) is 23.1. The molecule has 0 heterocycles. The van der Waals surface area contributed by atoms with Gasteiger partial charge in [-0.2, -0.15) is 0 Å². The van der Waals surface area contributed by atoms with Crippen LogP contribution in [0.25, 0.3) is 11.1 Å². The quantitative estimate of drug-likeness (QED) is 0.485. The van der Waals surface area contributed by atoms with Crippen LogP contribution in [0.1, 0.15) is 29.5 Å². The van der Waals surface area contributed by atoms with Crippen molar-refractivity contribution in [3.8, 4) is 22.6 Å². The van der Waals surface area contributed by atoms with Gasteiger partial charge in [0, 0.05) is 19.2 Å². The van der Waals surface area contributed by atoms with Crippen molar-refractivity contribution in [2.45, 2.75) is 32.6 Å². The van der Waals surface area contributed by atoms with Crippen molar-refractivity contribution in [3.63, 3.8) is 0 Å². The van der Waals surface area contributed by atoms with Crippen LogP contribution < -0.4 is 4.74 Å². The van der Waals surface area contributed by atoms with Gasteiger partial charge in [0.25, 0.3) is 0 Å². The highest BCUT2D eigenvalue weighted by atomic mass is 16.6. The van der Waals surface area contributed by atoms with Crippen molar-refractivity contribution in [2.24, 2.45) is 0 Å². The number of allylic oxidation sites excluding steroid dienone is 4. The first-order valence-corrected chi connectivity index (χ1v) is 10.9. The van der Waals surface area contributed by atoms with Gasteiger partial charge >= 0.3 is 6.09 Å². The Balaban J connectivity index is 1.95. The normalized spacial score (nSPS) is 12.8. The Morgan fingerprint density at radius 3 is 2.56 bits per heavy atom. The molecule has 0 saturated heterocycles. The van der Waals surface area contributed by atoms with E-state index in [2.05, 4.69) is 31.4 Å². The van der Waals surface area contributed by atoms with E-state index in [0.717, 1.165) is 46.2 Å². The van der Waals surface area contributed by atoms with Crippen molar-refractivity contribution in [3.05, 3.63) is 96.1 Å². The predicted octanol–water partition coefficient (Wildman–Crippen LogP) is 6.53. The highest BCUT2D eigenvalue weighted by Gasteiger charge is 2.18. The maximum Gasteiger partial charge on any atom is 0.415 e. The molecule has 166 valence electrons. The molecule has 0 aliphatic heterocycles. The first-order valence-electron chi connectivity index (χ1n) is 10.9. The molecule has 0 fully saturated rings. The minimum absolute atomic E-state index is 0.221. The summed E-state index contributed by atoms with van der Waals surface area (Å²) in [6.07, 6.45) is 12.8. The number of likely N-dealkylation sites (N-methyl/N-ethyl adjacent to an activating group) is 1. The number of nitrogens with zero attached hydrogens (tertiary/aromatic N) is 1. The fraction of sp³-hybridized carbons (Fsp3) is 0.250. The molecule has 1 amide bonds. The number of hydrogen-bond donors (Lipinski definition) is 1. The van der Waals surface area contributed by atoms with E-state index in [9.17, 15) is 9.90 Å². The highest BCUT2D eigenvalue weighted by Crippen LogP contribution is 2.36. The van der Waals surface area contributed by atoms with E-state index in [1.807, 2.05) is 37.3 Å². The molecule has 3 rings (SSSR count). The lowest BCUT2D eigenvalue weighted by Gasteiger charge is -2.21. The molecule has 2 aromatic carbocycles. The second kappa shape index (κ2) is 10.7. The Bertz CT molecular complexity index is 1080. The molecule has 0 spiro atoms. The van der Waals surface area contributed by atoms with Gasteiger partial charge in [0.2, 0.25) is 0 Å². The molecule has 1 aliphatic rings. The van der Waals surface area contributed by atoms with Crippen molar-refractivity contribution in [1.29, 1.82) is 0 Å². The molecule has 0 unspecified atom stereocenters. The summed E-state index contributed by atoms with van der Waals surface area (Å²) < 4.78 is 5.87.